The minimum Gasteiger partial charge on any atom is -0.382 e. The van der Waals surface area contributed by atoms with Crippen LogP contribution in [0.15, 0.2) is 0 Å². The van der Waals surface area contributed by atoms with Crippen LogP contribution in [-0.4, -0.2) is 45.9 Å². The predicted molar refractivity (Wildman–Crippen MR) is 67.8 cm³/mol. The molecule has 1 unspecified atom stereocenters. The Balaban J connectivity index is 3.28. The van der Waals surface area contributed by atoms with Crippen LogP contribution in [0.5, 0.6) is 0 Å². The Bertz CT molecular complexity index is 189. The number of hydrogen-bond acceptors (Lipinski definition) is 4. The molecular formula is C12H26N2O3. The first-order valence-corrected chi connectivity index (χ1v) is 6.24. The standard InChI is InChI=1S/C12H26N2O3/c1-11(5-6-13)3-4-12(15)14-7-8-17-10-9-16-2/h11H,3-10,13H2,1-2H3,(H,14,15). The van der Waals surface area contributed by atoms with Gasteiger partial charge in [-0.2, -0.15) is 0 Å². The van der Waals surface area contributed by atoms with Gasteiger partial charge in [0.25, 0.3) is 0 Å². The third kappa shape index (κ3) is 11.6. The first kappa shape index (κ1) is 16.4. The van der Waals surface area contributed by atoms with Crippen molar-refractivity contribution in [1.82, 2.24) is 5.32 Å². The van der Waals surface area contributed by atoms with Gasteiger partial charge in [0.1, 0.15) is 0 Å². The fourth-order valence-corrected chi connectivity index (χ4v) is 1.40. The van der Waals surface area contributed by atoms with E-state index in [0.29, 0.717) is 45.2 Å². The molecule has 0 aromatic heterocycles. The SMILES string of the molecule is COCCOCCNC(=O)CCC(C)CCN. The molecule has 0 aliphatic heterocycles. The van der Waals surface area contributed by atoms with Crippen LogP contribution in [0.2, 0.25) is 0 Å². The number of nitrogens with one attached hydrogen (secondary N) is 1. The number of ether oxygens (including phenoxy) is 2. The molecule has 5 heteroatoms. The van der Waals surface area contributed by atoms with Gasteiger partial charge in [0.2, 0.25) is 5.91 Å². The van der Waals surface area contributed by atoms with Crippen LogP contribution in [-0.2, 0) is 14.3 Å². The van der Waals surface area contributed by atoms with E-state index in [1.54, 1.807) is 7.11 Å². The van der Waals surface area contributed by atoms with Crippen LogP contribution in [0.3, 0.4) is 0 Å². The normalized spacial score (nSPS) is 12.4. The molecule has 0 spiro atoms. The molecule has 0 aromatic rings. The summed E-state index contributed by atoms with van der Waals surface area (Å²) in [6.07, 6.45) is 2.44. The number of amides is 1. The van der Waals surface area contributed by atoms with Gasteiger partial charge in [-0.1, -0.05) is 6.92 Å². The molecule has 0 heterocycles. The highest BCUT2D eigenvalue weighted by Crippen LogP contribution is 2.08. The number of rotatable bonds is 11. The lowest BCUT2D eigenvalue weighted by Gasteiger charge is -2.10. The van der Waals surface area contributed by atoms with E-state index in [4.69, 9.17) is 15.2 Å². The molecule has 17 heavy (non-hydrogen) atoms. The smallest absolute Gasteiger partial charge is 0.220 e. The Hall–Kier alpha value is -0.650. The molecule has 5 nitrogen and oxygen atoms in total. The van der Waals surface area contributed by atoms with Crippen molar-refractivity contribution in [3.63, 3.8) is 0 Å². The minimum absolute atomic E-state index is 0.0872. The summed E-state index contributed by atoms with van der Waals surface area (Å²) in [6.45, 7) is 5.07. The predicted octanol–water partition coefficient (Wildman–Crippen LogP) is 0.531. The lowest BCUT2D eigenvalue weighted by atomic mass is 10.0. The van der Waals surface area contributed by atoms with Gasteiger partial charge in [-0.05, 0) is 25.3 Å². The molecule has 1 amide bonds. The van der Waals surface area contributed by atoms with E-state index in [0.717, 1.165) is 12.8 Å². The molecule has 0 aliphatic rings. The molecule has 102 valence electrons. The van der Waals surface area contributed by atoms with Gasteiger partial charge in [0.05, 0.1) is 19.8 Å². The van der Waals surface area contributed by atoms with Crippen molar-refractivity contribution in [2.45, 2.75) is 26.2 Å². The number of methoxy groups -OCH3 is 1. The van der Waals surface area contributed by atoms with Crippen molar-refractivity contribution in [3.05, 3.63) is 0 Å². The monoisotopic (exact) mass is 246 g/mol. The molecule has 0 saturated carbocycles. The van der Waals surface area contributed by atoms with Gasteiger partial charge >= 0.3 is 0 Å². The van der Waals surface area contributed by atoms with Gasteiger partial charge in [0.15, 0.2) is 0 Å². The number of nitrogens with two attached hydrogens (primary N) is 1. The summed E-state index contributed by atoms with van der Waals surface area (Å²) in [6, 6.07) is 0. The Morgan fingerprint density at radius 3 is 2.71 bits per heavy atom. The summed E-state index contributed by atoms with van der Waals surface area (Å²) < 4.78 is 10.1. The first-order valence-electron chi connectivity index (χ1n) is 6.24. The summed E-state index contributed by atoms with van der Waals surface area (Å²) in [4.78, 5) is 11.4. The maximum atomic E-state index is 11.4. The molecule has 0 radical (unpaired) electrons. The van der Waals surface area contributed by atoms with Gasteiger partial charge in [0, 0.05) is 20.1 Å². The highest BCUT2D eigenvalue weighted by atomic mass is 16.5. The lowest BCUT2D eigenvalue weighted by molar-refractivity contribution is -0.121. The van der Waals surface area contributed by atoms with E-state index in [-0.39, 0.29) is 5.91 Å². The van der Waals surface area contributed by atoms with E-state index in [1.165, 1.54) is 0 Å². The van der Waals surface area contributed by atoms with Crippen molar-refractivity contribution in [1.29, 1.82) is 0 Å². The van der Waals surface area contributed by atoms with Crippen LogP contribution in [0.1, 0.15) is 26.2 Å². The second-order valence-electron chi connectivity index (χ2n) is 4.18. The van der Waals surface area contributed by atoms with Gasteiger partial charge in [-0.25, -0.2) is 0 Å². The van der Waals surface area contributed by atoms with E-state index in [2.05, 4.69) is 12.2 Å². The molecule has 0 rings (SSSR count). The van der Waals surface area contributed by atoms with Crippen LogP contribution >= 0.6 is 0 Å². The summed E-state index contributed by atoms with van der Waals surface area (Å²) >= 11 is 0. The third-order valence-corrected chi connectivity index (χ3v) is 2.52. The second-order valence-corrected chi connectivity index (χ2v) is 4.18. The molecule has 0 aromatic carbocycles. The van der Waals surface area contributed by atoms with Crippen molar-refractivity contribution in [2.24, 2.45) is 11.7 Å². The zero-order valence-corrected chi connectivity index (χ0v) is 11.0. The molecule has 3 N–H and O–H groups in total. The second kappa shape index (κ2) is 11.8. The van der Waals surface area contributed by atoms with Gasteiger partial charge in [-0.3, -0.25) is 4.79 Å². The van der Waals surface area contributed by atoms with Gasteiger partial charge in [-0.15, -0.1) is 0 Å². The zero-order valence-electron chi connectivity index (χ0n) is 11.0. The molecule has 0 saturated heterocycles. The lowest BCUT2D eigenvalue weighted by Crippen LogP contribution is -2.27. The highest BCUT2D eigenvalue weighted by Gasteiger charge is 2.05. The fraction of sp³-hybridized carbons (Fsp3) is 0.917. The Morgan fingerprint density at radius 2 is 2.06 bits per heavy atom. The first-order chi connectivity index (χ1) is 8.20. The van der Waals surface area contributed by atoms with E-state index < -0.39 is 0 Å². The topological polar surface area (TPSA) is 73.6 Å². The van der Waals surface area contributed by atoms with Crippen LogP contribution in [0.25, 0.3) is 0 Å². The minimum atomic E-state index is 0.0872. The summed E-state index contributed by atoms with van der Waals surface area (Å²) in [5, 5.41) is 2.82. The van der Waals surface area contributed by atoms with Crippen molar-refractivity contribution in [3.8, 4) is 0 Å². The third-order valence-electron chi connectivity index (χ3n) is 2.52. The quantitative estimate of drug-likeness (QED) is 0.522. The summed E-state index contributed by atoms with van der Waals surface area (Å²) in [7, 11) is 1.63. The molecular weight excluding hydrogens is 220 g/mol. The Morgan fingerprint density at radius 1 is 1.29 bits per heavy atom. The van der Waals surface area contributed by atoms with Gasteiger partial charge < -0.3 is 20.5 Å². The van der Waals surface area contributed by atoms with Crippen molar-refractivity contribution in [2.75, 3.05) is 40.0 Å². The zero-order chi connectivity index (χ0) is 12.9. The number of hydrogen-bond donors (Lipinski definition) is 2. The molecule has 1 atom stereocenters. The van der Waals surface area contributed by atoms with E-state index in [9.17, 15) is 4.79 Å². The maximum absolute atomic E-state index is 11.4. The summed E-state index contributed by atoms with van der Waals surface area (Å²) in [5.74, 6) is 0.605. The highest BCUT2D eigenvalue weighted by molar-refractivity contribution is 5.75. The van der Waals surface area contributed by atoms with E-state index >= 15 is 0 Å². The Labute approximate surface area is 104 Å². The average molecular weight is 246 g/mol. The number of carbonyl (C=O) groups excluding carboxylic acids is 1. The molecule has 0 fully saturated rings. The van der Waals surface area contributed by atoms with Crippen LogP contribution in [0, 0.1) is 5.92 Å². The van der Waals surface area contributed by atoms with Crippen molar-refractivity contribution >= 4 is 5.91 Å². The molecule has 0 bridgehead atoms. The van der Waals surface area contributed by atoms with Crippen LogP contribution in [0.4, 0.5) is 0 Å². The molecule has 0 aliphatic carbocycles. The van der Waals surface area contributed by atoms with Crippen LogP contribution < -0.4 is 11.1 Å². The summed E-state index contributed by atoms with van der Waals surface area (Å²) in [5.41, 5.74) is 5.45. The maximum Gasteiger partial charge on any atom is 0.220 e. The van der Waals surface area contributed by atoms with E-state index in [1.807, 2.05) is 0 Å². The Kier molecular flexibility index (Phi) is 11.4. The average Bonchev–Trinajstić information content (AvgIpc) is 2.31. The van der Waals surface area contributed by atoms with Crippen molar-refractivity contribution < 1.29 is 14.3 Å². The fourth-order valence-electron chi connectivity index (χ4n) is 1.40. The number of carbonyl (C=O) groups is 1. The largest absolute Gasteiger partial charge is 0.382 e.